The molecule has 1 aliphatic carbocycles. The van der Waals surface area contributed by atoms with Crippen LogP contribution in [0.1, 0.15) is 25.3 Å². The number of nitrogens with one attached hydrogen (secondary N) is 1. The molecule has 0 bridgehead atoms. The Morgan fingerprint density at radius 2 is 2.05 bits per heavy atom. The summed E-state index contributed by atoms with van der Waals surface area (Å²) in [5.74, 6) is 1.19. The van der Waals surface area contributed by atoms with Crippen LogP contribution < -0.4 is 10.2 Å². The molecule has 1 saturated carbocycles. The standard InChI is InChI=1S/C15H24N4/c1-2-18-8-10-19(11-9-18)15-13(4-3-7-16-15)12-17-14-5-6-14/h3-4,7,14,17H,2,5-6,8-12H2,1H3. The number of pyridine rings is 1. The van der Waals surface area contributed by atoms with Gasteiger partial charge in [-0.2, -0.15) is 0 Å². The maximum Gasteiger partial charge on any atom is 0.133 e. The highest BCUT2D eigenvalue weighted by atomic mass is 15.3. The van der Waals surface area contributed by atoms with Gasteiger partial charge in [0.25, 0.3) is 0 Å². The highest BCUT2D eigenvalue weighted by molar-refractivity contribution is 5.47. The van der Waals surface area contributed by atoms with Crippen LogP contribution in [-0.4, -0.2) is 48.6 Å². The number of hydrogen-bond acceptors (Lipinski definition) is 4. The molecular weight excluding hydrogens is 236 g/mol. The van der Waals surface area contributed by atoms with Gasteiger partial charge < -0.3 is 15.1 Å². The number of anilines is 1. The van der Waals surface area contributed by atoms with Gasteiger partial charge in [0.15, 0.2) is 0 Å². The summed E-state index contributed by atoms with van der Waals surface area (Å²) in [6.45, 7) is 8.86. The molecule has 2 fully saturated rings. The molecule has 1 saturated heterocycles. The van der Waals surface area contributed by atoms with Crippen molar-refractivity contribution in [1.29, 1.82) is 0 Å². The molecule has 2 aliphatic rings. The number of likely N-dealkylation sites (N-methyl/N-ethyl adjacent to an activating group) is 1. The van der Waals surface area contributed by atoms with Gasteiger partial charge in [0, 0.05) is 50.5 Å². The van der Waals surface area contributed by atoms with Crippen molar-refractivity contribution in [3.8, 4) is 0 Å². The van der Waals surface area contributed by atoms with Crippen molar-refractivity contribution < 1.29 is 0 Å². The Labute approximate surface area is 115 Å². The molecule has 2 heterocycles. The van der Waals surface area contributed by atoms with Crippen LogP contribution in [-0.2, 0) is 6.54 Å². The van der Waals surface area contributed by atoms with Gasteiger partial charge in [-0.3, -0.25) is 0 Å². The van der Waals surface area contributed by atoms with E-state index in [0.29, 0.717) is 0 Å². The summed E-state index contributed by atoms with van der Waals surface area (Å²) in [7, 11) is 0. The third kappa shape index (κ3) is 3.25. The Morgan fingerprint density at radius 1 is 1.26 bits per heavy atom. The Balaban J connectivity index is 1.65. The van der Waals surface area contributed by atoms with E-state index in [1.165, 1.54) is 24.2 Å². The fraction of sp³-hybridized carbons (Fsp3) is 0.667. The summed E-state index contributed by atoms with van der Waals surface area (Å²) in [4.78, 5) is 9.56. The first kappa shape index (κ1) is 12.9. The van der Waals surface area contributed by atoms with Crippen LogP contribution in [0.5, 0.6) is 0 Å². The third-order valence-electron chi connectivity index (χ3n) is 4.15. The molecule has 0 spiro atoms. The van der Waals surface area contributed by atoms with E-state index in [2.05, 4.69) is 39.2 Å². The van der Waals surface area contributed by atoms with E-state index in [-0.39, 0.29) is 0 Å². The average Bonchev–Trinajstić information content (AvgIpc) is 3.30. The van der Waals surface area contributed by atoms with Gasteiger partial charge in [0.05, 0.1) is 0 Å². The monoisotopic (exact) mass is 260 g/mol. The molecule has 1 aliphatic heterocycles. The molecule has 1 aromatic rings. The van der Waals surface area contributed by atoms with Gasteiger partial charge in [-0.25, -0.2) is 4.98 Å². The predicted molar refractivity (Wildman–Crippen MR) is 78.4 cm³/mol. The van der Waals surface area contributed by atoms with Crippen LogP contribution in [0.25, 0.3) is 0 Å². The fourth-order valence-electron chi connectivity index (χ4n) is 2.67. The molecule has 0 radical (unpaired) electrons. The van der Waals surface area contributed by atoms with E-state index in [0.717, 1.165) is 45.3 Å². The summed E-state index contributed by atoms with van der Waals surface area (Å²) in [5, 5.41) is 3.60. The number of nitrogens with zero attached hydrogens (tertiary/aromatic N) is 3. The molecule has 0 aromatic carbocycles. The van der Waals surface area contributed by atoms with E-state index in [9.17, 15) is 0 Å². The van der Waals surface area contributed by atoms with Gasteiger partial charge in [0.1, 0.15) is 5.82 Å². The molecule has 0 amide bonds. The van der Waals surface area contributed by atoms with Crippen molar-refractivity contribution in [2.75, 3.05) is 37.6 Å². The molecule has 4 heteroatoms. The highest BCUT2D eigenvalue weighted by Gasteiger charge is 2.22. The van der Waals surface area contributed by atoms with Crippen molar-refractivity contribution in [2.24, 2.45) is 0 Å². The maximum atomic E-state index is 4.62. The molecule has 0 atom stereocenters. The predicted octanol–water partition coefficient (Wildman–Crippen LogP) is 1.48. The van der Waals surface area contributed by atoms with E-state index >= 15 is 0 Å². The van der Waals surface area contributed by atoms with Gasteiger partial charge in [-0.05, 0) is 25.5 Å². The first-order valence-corrected chi connectivity index (χ1v) is 7.51. The largest absolute Gasteiger partial charge is 0.354 e. The first-order valence-electron chi connectivity index (χ1n) is 7.51. The van der Waals surface area contributed by atoms with Crippen molar-refractivity contribution in [3.63, 3.8) is 0 Å². The zero-order valence-electron chi connectivity index (χ0n) is 11.8. The minimum Gasteiger partial charge on any atom is -0.354 e. The summed E-state index contributed by atoms with van der Waals surface area (Å²) in [5.41, 5.74) is 1.35. The van der Waals surface area contributed by atoms with E-state index in [1.54, 1.807) is 0 Å². The van der Waals surface area contributed by atoms with E-state index in [4.69, 9.17) is 0 Å². The lowest BCUT2D eigenvalue weighted by atomic mass is 10.2. The number of hydrogen-bond donors (Lipinski definition) is 1. The molecular formula is C15H24N4. The zero-order valence-corrected chi connectivity index (χ0v) is 11.8. The van der Waals surface area contributed by atoms with Gasteiger partial charge in [-0.1, -0.05) is 13.0 Å². The van der Waals surface area contributed by atoms with Crippen LogP contribution in [0.3, 0.4) is 0 Å². The lowest BCUT2D eigenvalue weighted by Gasteiger charge is -2.35. The summed E-state index contributed by atoms with van der Waals surface area (Å²) >= 11 is 0. The highest BCUT2D eigenvalue weighted by Crippen LogP contribution is 2.22. The van der Waals surface area contributed by atoms with Crippen LogP contribution in [0.15, 0.2) is 18.3 Å². The second kappa shape index (κ2) is 5.88. The Kier molecular flexibility index (Phi) is 3.99. The summed E-state index contributed by atoms with van der Waals surface area (Å²) in [6.07, 6.45) is 4.59. The number of rotatable bonds is 5. The minimum absolute atomic E-state index is 0.755. The van der Waals surface area contributed by atoms with Gasteiger partial charge >= 0.3 is 0 Å². The molecule has 0 unspecified atom stereocenters. The lowest BCUT2D eigenvalue weighted by molar-refractivity contribution is 0.270. The minimum atomic E-state index is 0.755. The molecule has 104 valence electrons. The van der Waals surface area contributed by atoms with Crippen LogP contribution in [0, 0.1) is 0 Å². The quantitative estimate of drug-likeness (QED) is 0.869. The number of piperazine rings is 1. The van der Waals surface area contributed by atoms with E-state index < -0.39 is 0 Å². The van der Waals surface area contributed by atoms with Crippen molar-refractivity contribution in [3.05, 3.63) is 23.9 Å². The SMILES string of the molecule is CCN1CCN(c2ncccc2CNC2CC2)CC1. The maximum absolute atomic E-state index is 4.62. The van der Waals surface area contributed by atoms with Gasteiger partial charge in [-0.15, -0.1) is 0 Å². The molecule has 4 nitrogen and oxygen atoms in total. The molecule has 3 rings (SSSR count). The molecule has 19 heavy (non-hydrogen) atoms. The Bertz CT molecular complexity index is 408. The van der Waals surface area contributed by atoms with Gasteiger partial charge in [0.2, 0.25) is 0 Å². The topological polar surface area (TPSA) is 31.4 Å². The second-order valence-corrected chi connectivity index (χ2v) is 5.56. The summed E-state index contributed by atoms with van der Waals surface area (Å²) in [6, 6.07) is 5.02. The fourth-order valence-corrected chi connectivity index (χ4v) is 2.67. The molecule has 1 N–H and O–H groups in total. The molecule has 1 aromatic heterocycles. The van der Waals surface area contributed by atoms with Crippen LogP contribution in [0.4, 0.5) is 5.82 Å². The van der Waals surface area contributed by atoms with E-state index in [1.807, 2.05) is 6.20 Å². The zero-order chi connectivity index (χ0) is 13.1. The van der Waals surface area contributed by atoms with Crippen LogP contribution >= 0.6 is 0 Å². The first-order chi connectivity index (χ1) is 9.36. The second-order valence-electron chi connectivity index (χ2n) is 5.56. The van der Waals surface area contributed by atoms with Crippen molar-refractivity contribution in [1.82, 2.24) is 15.2 Å². The Morgan fingerprint density at radius 3 is 2.74 bits per heavy atom. The Hall–Kier alpha value is -1.13. The van der Waals surface area contributed by atoms with Crippen LogP contribution in [0.2, 0.25) is 0 Å². The lowest BCUT2D eigenvalue weighted by Crippen LogP contribution is -2.46. The normalized spacial score (nSPS) is 20.8. The van der Waals surface area contributed by atoms with Crippen molar-refractivity contribution >= 4 is 5.82 Å². The third-order valence-corrected chi connectivity index (χ3v) is 4.15. The summed E-state index contributed by atoms with van der Waals surface area (Å²) < 4.78 is 0. The smallest absolute Gasteiger partial charge is 0.133 e. The van der Waals surface area contributed by atoms with Crippen molar-refractivity contribution in [2.45, 2.75) is 32.4 Å². The average molecular weight is 260 g/mol. The number of aromatic nitrogens is 1.